The molecule has 0 aliphatic rings. The van der Waals surface area contributed by atoms with E-state index in [0.29, 0.717) is 6.54 Å². The van der Waals surface area contributed by atoms with Gasteiger partial charge < -0.3 is 10.0 Å². The molecule has 0 saturated heterocycles. The van der Waals surface area contributed by atoms with Gasteiger partial charge in [0.1, 0.15) is 0 Å². The third-order valence-corrected chi connectivity index (χ3v) is 0.499. The molecule has 0 atom stereocenters. The zero-order valence-electron chi connectivity index (χ0n) is 5.22. The Balaban J connectivity index is 0. The second-order valence-corrected chi connectivity index (χ2v) is 1.80. The number of rotatable bonds is 2. The van der Waals surface area contributed by atoms with Gasteiger partial charge in [-0.3, -0.25) is 0 Å². The molecule has 0 aromatic heterocycles. The van der Waals surface area contributed by atoms with Crippen molar-refractivity contribution in [2.24, 2.45) is 0 Å². The molecule has 0 amide bonds. The van der Waals surface area contributed by atoms with Gasteiger partial charge in [0.2, 0.25) is 0 Å². The van der Waals surface area contributed by atoms with E-state index < -0.39 is 0 Å². The summed E-state index contributed by atoms with van der Waals surface area (Å²) < 4.78 is 0. The van der Waals surface area contributed by atoms with Crippen LogP contribution in [0.15, 0.2) is 12.3 Å². The Hall–Kier alpha value is -0.210. The normalized spacial score (nSPS) is 8.38. The van der Waals surface area contributed by atoms with Crippen LogP contribution in [0.5, 0.6) is 0 Å². The van der Waals surface area contributed by atoms with Crippen LogP contribution in [-0.2, 0) is 0 Å². The predicted molar refractivity (Wildman–Crippen MR) is 37.6 cm³/mol. The molecule has 8 heavy (non-hydrogen) atoms. The number of hydrogen-bond donors (Lipinski definition) is 1. The first-order valence-corrected chi connectivity index (χ1v) is 2.14. The van der Waals surface area contributed by atoms with E-state index in [2.05, 4.69) is 6.58 Å². The maximum atomic E-state index is 8.49. The smallest absolute Gasteiger partial charge is 0.0990 e. The molecule has 0 aliphatic carbocycles. The van der Waals surface area contributed by atoms with Crippen LogP contribution in [0, 0.1) is 0 Å². The highest BCUT2D eigenvalue weighted by molar-refractivity contribution is 5.85. The van der Waals surface area contributed by atoms with E-state index in [9.17, 15) is 0 Å². The van der Waals surface area contributed by atoms with Crippen molar-refractivity contribution in [2.75, 3.05) is 20.6 Å². The third kappa shape index (κ3) is 9.25. The molecule has 50 valence electrons. The lowest BCUT2D eigenvalue weighted by atomic mass is 10.5. The molecule has 0 spiro atoms. The van der Waals surface area contributed by atoms with Gasteiger partial charge in [-0.05, 0) is 14.1 Å². The first-order valence-electron chi connectivity index (χ1n) is 2.14. The van der Waals surface area contributed by atoms with E-state index in [-0.39, 0.29) is 18.2 Å². The molecule has 2 nitrogen and oxygen atoms in total. The average Bonchev–Trinajstić information content (AvgIpc) is 1.27. The van der Waals surface area contributed by atoms with Crippen LogP contribution in [0.25, 0.3) is 0 Å². The molecule has 0 heterocycles. The summed E-state index contributed by atoms with van der Waals surface area (Å²) in [5, 5.41) is 8.49. The molecule has 0 unspecified atom stereocenters. The summed E-state index contributed by atoms with van der Waals surface area (Å²) in [5.74, 6) is 0.213. The fourth-order valence-electron chi connectivity index (χ4n) is 0.365. The van der Waals surface area contributed by atoms with Crippen molar-refractivity contribution in [1.29, 1.82) is 0 Å². The van der Waals surface area contributed by atoms with E-state index in [1.54, 1.807) is 0 Å². The van der Waals surface area contributed by atoms with Gasteiger partial charge in [0.05, 0.1) is 12.3 Å². The summed E-state index contributed by atoms with van der Waals surface area (Å²) in [4.78, 5) is 1.85. The van der Waals surface area contributed by atoms with Crippen molar-refractivity contribution in [3.8, 4) is 0 Å². The van der Waals surface area contributed by atoms with Crippen molar-refractivity contribution >= 4 is 12.4 Å². The number of nitrogens with zero attached hydrogens (tertiary/aromatic N) is 1. The van der Waals surface area contributed by atoms with Crippen molar-refractivity contribution < 1.29 is 5.11 Å². The van der Waals surface area contributed by atoms with Gasteiger partial charge in [-0.1, -0.05) is 6.58 Å². The molecule has 0 aliphatic heterocycles. The Morgan fingerprint density at radius 3 is 2.00 bits per heavy atom. The Labute approximate surface area is 56.2 Å². The lowest BCUT2D eigenvalue weighted by Gasteiger charge is -2.05. The van der Waals surface area contributed by atoms with Gasteiger partial charge in [0, 0.05) is 0 Å². The standard InChI is InChI=1S/C5H11NO.ClH/c1-5(7)4-6(2)3;/h7H,1,4H2,2-3H3;1H. The highest BCUT2D eigenvalue weighted by Crippen LogP contribution is 1.82. The summed E-state index contributed by atoms with van der Waals surface area (Å²) in [6.45, 7) is 3.86. The molecule has 0 bridgehead atoms. The molecule has 0 saturated carbocycles. The second-order valence-electron chi connectivity index (χ2n) is 1.80. The number of likely N-dealkylation sites (N-methyl/N-ethyl adjacent to an activating group) is 1. The molecule has 0 rings (SSSR count). The van der Waals surface area contributed by atoms with Crippen molar-refractivity contribution in [2.45, 2.75) is 0 Å². The Bertz CT molecular complexity index is 72.8. The molecule has 1 N–H and O–H groups in total. The monoisotopic (exact) mass is 137 g/mol. The first kappa shape index (κ1) is 10.7. The number of aliphatic hydroxyl groups is 1. The topological polar surface area (TPSA) is 23.5 Å². The molecule has 0 radical (unpaired) electrons. The molecule has 0 aromatic carbocycles. The fourth-order valence-corrected chi connectivity index (χ4v) is 0.365. The van der Waals surface area contributed by atoms with Crippen LogP contribution in [-0.4, -0.2) is 30.6 Å². The van der Waals surface area contributed by atoms with Crippen LogP contribution in [0.1, 0.15) is 0 Å². The molecular formula is C5H12ClNO. The average molecular weight is 138 g/mol. The van der Waals surface area contributed by atoms with E-state index in [1.807, 2.05) is 19.0 Å². The minimum absolute atomic E-state index is 0. The summed E-state index contributed by atoms with van der Waals surface area (Å²) in [6.07, 6.45) is 0. The Morgan fingerprint density at radius 2 is 2.00 bits per heavy atom. The summed E-state index contributed by atoms with van der Waals surface area (Å²) in [6, 6.07) is 0. The maximum absolute atomic E-state index is 8.49. The van der Waals surface area contributed by atoms with E-state index in [1.165, 1.54) is 0 Å². The Morgan fingerprint density at radius 1 is 1.62 bits per heavy atom. The first-order chi connectivity index (χ1) is 3.13. The van der Waals surface area contributed by atoms with Gasteiger partial charge in [-0.2, -0.15) is 0 Å². The largest absolute Gasteiger partial charge is 0.512 e. The van der Waals surface area contributed by atoms with Gasteiger partial charge >= 0.3 is 0 Å². The SMILES string of the molecule is C=C(O)CN(C)C.Cl. The minimum Gasteiger partial charge on any atom is -0.512 e. The molecule has 3 heteroatoms. The quantitative estimate of drug-likeness (QED) is 0.575. The summed E-state index contributed by atoms with van der Waals surface area (Å²) in [7, 11) is 3.75. The zero-order valence-corrected chi connectivity index (χ0v) is 6.03. The van der Waals surface area contributed by atoms with Crippen LogP contribution < -0.4 is 0 Å². The van der Waals surface area contributed by atoms with Gasteiger partial charge in [0.25, 0.3) is 0 Å². The van der Waals surface area contributed by atoms with Crippen LogP contribution in [0.3, 0.4) is 0 Å². The second kappa shape index (κ2) is 4.94. The van der Waals surface area contributed by atoms with Gasteiger partial charge in [-0.25, -0.2) is 0 Å². The van der Waals surface area contributed by atoms with Crippen LogP contribution in [0.2, 0.25) is 0 Å². The van der Waals surface area contributed by atoms with E-state index in [4.69, 9.17) is 5.11 Å². The highest BCUT2D eigenvalue weighted by Gasteiger charge is 1.87. The van der Waals surface area contributed by atoms with Crippen LogP contribution in [0.4, 0.5) is 0 Å². The third-order valence-electron chi connectivity index (χ3n) is 0.499. The van der Waals surface area contributed by atoms with Crippen LogP contribution >= 0.6 is 12.4 Å². The predicted octanol–water partition coefficient (Wildman–Crippen LogP) is 1.04. The summed E-state index contributed by atoms with van der Waals surface area (Å²) >= 11 is 0. The molecule has 0 aromatic rings. The molecular weight excluding hydrogens is 126 g/mol. The van der Waals surface area contributed by atoms with Crippen molar-refractivity contribution in [3.05, 3.63) is 12.3 Å². The number of hydrogen-bond acceptors (Lipinski definition) is 2. The zero-order chi connectivity index (χ0) is 5.86. The van der Waals surface area contributed by atoms with Gasteiger partial charge in [0.15, 0.2) is 0 Å². The van der Waals surface area contributed by atoms with Gasteiger partial charge in [-0.15, -0.1) is 12.4 Å². The molecule has 0 fully saturated rings. The Kier molecular flexibility index (Phi) is 6.61. The van der Waals surface area contributed by atoms with E-state index >= 15 is 0 Å². The minimum atomic E-state index is 0. The van der Waals surface area contributed by atoms with E-state index in [0.717, 1.165) is 0 Å². The lowest BCUT2D eigenvalue weighted by molar-refractivity contribution is 0.326. The number of halogens is 1. The van der Waals surface area contributed by atoms with Crippen molar-refractivity contribution in [3.63, 3.8) is 0 Å². The maximum Gasteiger partial charge on any atom is 0.0990 e. The lowest BCUT2D eigenvalue weighted by Crippen LogP contribution is -2.13. The number of aliphatic hydroxyl groups excluding tert-OH is 1. The van der Waals surface area contributed by atoms with Crippen molar-refractivity contribution in [1.82, 2.24) is 4.90 Å². The highest BCUT2D eigenvalue weighted by atomic mass is 35.5. The fraction of sp³-hybridized carbons (Fsp3) is 0.600. The summed E-state index contributed by atoms with van der Waals surface area (Å²) in [5.41, 5.74) is 0.